The molecule has 2 aliphatic heterocycles. The van der Waals surface area contributed by atoms with E-state index >= 15 is 0 Å². The average molecular weight is 354 g/mol. The molecule has 25 heavy (non-hydrogen) atoms. The molecule has 5 heteroatoms. The van der Waals surface area contributed by atoms with Gasteiger partial charge in [-0.05, 0) is 48.4 Å². The third-order valence-corrected chi connectivity index (χ3v) is 6.10. The van der Waals surface area contributed by atoms with E-state index in [1.807, 2.05) is 34.1 Å². The van der Waals surface area contributed by atoms with Crippen LogP contribution in [0.2, 0.25) is 0 Å². The minimum atomic E-state index is 0.111. The highest BCUT2D eigenvalue weighted by Gasteiger charge is 2.31. The highest BCUT2D eigenvalue weighted by atomic mass is 32.1. The number of thiophene rings is 1. The predicted octanol–water partition coefficient (Wildman–Crippen LogP) is 3.85. The molecule has 0 saturated carbocycles. The van der Waals surface area contributed by atoms with Crippen LogP contribution >= 0.6 is 11.3 Å². The van der Waals surface area contributed by atoms with Gasteiger partial charge in [0.1, 0.15) is 0 Å². The van der Waals surface area contributed by atoms with Gasteiger partial charge in [-0.15, -0.1) is 11.3 Å². The minimum Gasteiger partial charge on any atom is -0.338 e. The standard InChI is InChI=1S/C20H22N2O2S/c23-19-6-2-11-21(19)14-15-7-9-16(10-8-15)20(24)22-12-1-4-17(22)18-5-3-13-25-18/h3,5,7-10,13,17H,1-2,4,6,11-12,14H2/t17-/m1/s1. The van der Waals surface area contributed by atoms with E-state index in [0.29, 0.717) is 13.0 Å². The van der Waals surface area contributed by atoms with Gasteiger partial charge in [0, 0.05) is 36.5 Å². The first kappa shape index (κ1) is 16.3. The van der Waals surface area contributed by atoms with Gasteiger partial charge in [-0.25, -0.2) is 0 Å². The summed E-state index contributed by atoms with van der Waals surface area (Å²) in [5, 5.41) is 2.07. The lowest BCUT2D eigenvalue weighted by Gasteiger charge is -2.24. The summed E-state index contributed by atoms with van der Waals surface area (Å²) >= 11 is 1.73. The molecule has 130 valence electrons. The maximum absolute atomic E-state index is 12.9. The van der Waals surface area contributed by atoms with Crippen LogP contribution in [0.25, 0.3) is 0 Å². The van der Waals surface area contributed by atoms with Crippen LogP contribution in [0.1, 0.15) is 52.5 Å². The summed E-state index contributed by atoms with van der Waals surface area (Å²) in [7, 11) is 0. The zero-order valence-electron chi connectivity index (χ0n) is 14.2. The molecule has 0 aliphatic carbocycles. The molecule has 1 aromatic carbocycles. The second-order valence-electron chi connectivity index (χ2n) is 6.79. The highest BCUT2D eigenvalue weighted by Crippen LogP contribution is 2.35. The van der Waals surface area contributed by atoms with E-state index in [1.165, 1.54) is 4.88 Å². The number of hydrogen-bond acceptors (Lipinski definition) is 3. The van der Waals surface area contributed by atoms with Crippen LogP contribution in [0.4, 0.5) is 0 Å². The maximum atomic E-state index is 12.9. The monoisotopic (exact) mass is 354 g/mol. The van der Waals surface area contributed by atoms with Gasteiger partial charge in [0.05, 0.1) is 6.04 Å². The molecular formula is C20H22N2O2S. The van der Waals surface area contributed by atoms with Crippen LogP contribution in [-0.4, -0.2) is 34.7 Å². The number of carbonyl (C=O) groups excluding carboxylic acids is 2. The first-order chi connectivity index (χ1) is 12.2. The lowest BCUT2D eigenvalue weighted by atomic mass is 10.1. The number of carbonyl (C=O) groups is 2. The number of nitrogens with zero attached hydrogens (tertiary/aromatic N) is 2. The van der Waals surface area contributed by atoms with Crippen molar-refractivity contribution in [1.82, 2.24) is 9.80 Å². The van der Waals surface area contributed by atoms with Crippen LogP contribution in [0.3, 0.4) is 0 Å². The van der Waals surface area contributed by atoms with E-state index in [1.54, 1.807) is 11.3 Å². The molecule has 4 rings (SSSR count). The average Bonchev–Trinajstić information content (AvgIpc) is 3.37. The largest absolute Gasteiger partial charge is 0.338 e. The first-order valence-corrected chi connectivity index (χ1v) is 9.81. The first-order valence-electron chi connectivity index (χ1n) is 8.93. The number of hydrogen-bond donors (Lipinski definition) is 0. The summed E-state index contributed by atoms with van der Waals surface area (Å²) in [5.41, 5.74) is 1.82. The number of amides is 2. The smallest absolute Gasteiger partial charge is 0.254 e. The second-order valence-corrected chi connectivity index (χ2v) is 7.77. The molecule has 2 aliphatic rings. The van der Waals surface area contributed by atoms with Crippen molar-refractivity contribution in [2.75, 3.05) is 13.1 Å². The van der Waals surface area contributed by atoms with Crippen LogP contribution in [0.5, 0.6) is 0 Å². The number of benzene rings is 1. The minimum absolute atomic E-state index is 0.111. The van der Waals surface area contributed by atoms with Crippen molar-refractivity contribution in [2.24, 2.45) is 0 Å². The van der Waals surface area contributed by atoms with E-state index < -0.39 is 0 Å². The van der Waals surface area contributed by atoms with E-state index in [2.05, 4.69) is 17.5 Å². The topological polar surface area (TPSA) is 40.6 Å². The van der Waals surface area contributed by atoms with Crippen LogP contribution < -0.4 is 0 Å². The van der Waals surface area contributed by atoms with Gasteiger partial charge >= 0.3 is 0 Å². The SMILES string of the molecule is O=C1CCCN1Cc1ccc(C(=O)N2CCC[C@@H]2c2cccs2)cc1. The normalized spacial score (nSPS) is 20.5. The Morgan fingerprint density at radius 3 is 2.64 bits per heavy atom. The predicted molar refractivity (Wildman–Crippen MR) is 98.4 cm³/mol. The van der Waals surface area contributed by atoms with Crippen LogP contribution in [-0.2, 0) is 11.3 Å². The molecule has 2 fully saturated rings. The Balaban J connectivity index is 1.46. The van der Waals surface area contributed by atoms with Crippen molar-refractivity contribution in [1.29, 1.82) is 0 Å². The van der Waals surface area contributed by atoms with Crippen LogP contribution in [0.15, 0.2) is 41.8 Å². The van der Waals surface area contributed by atoms with Gasteiger partial charge in [0.2, 0.25) is 5.91 Å². The summed E-state index contributed by atoms with van der Waals surface area (Å²) in [6, 6.07) is 12.2. The maximum Gasteiger partial charge on any atom is 0.254 e. The van der Waals surface area contributed by atoms with Gasteiger partial charge in [-0.3, -0.25) is 9.59 Å². The van der Waals surface area contributed by atoms with E-state index in [9.17, 15) is 9.59 Å². The van der Waals surface area contributed by atoms with Crippen molar-refractivity contribution in [3.63, 3.8) is 0 Å². The zero-order chi connectivity index (χ0) is 17.2. The molecule has 2 aromatic rings. The molecule has 0 spiro atoms. The number of rotatable bonds is 4. The van der Waals surface area contributed by atoms with Crippen molar-refractivity contribution in [2.45, 2.75) is 38.3 Å². The van der Waals surface area contributed by atoms with E-state index in [0.717, 1.165) is 43.5 Å². The molecule has 1 atom stereocenters. The fourth-order valence-corrected chi connectivity index (χ4v) is 4.67. The van der Waals surface area contributed by atoms with Gasteiger partial charge in [-0.2, -0.15) is 0 Å². The van der Waals surface area contributed by atoms with Gasteiger partial charge < -0.3 is 9.80 Å². The van der Waals surface area contributed by atoms with E-state index in [-0.39, 0.29) is 17.9 Å². The van der Waals surface area contributed by atoms with Gasteiger partial charge in [0.15, 0.2) is 0 Å². The quantitative estimate of drug-likeness (QED) is 0.837. The zero-order valence-corrected chi connectivity index (χ0v) is 15.0. The molecule has 0 radical (unpaired) electrons. The van der Waals surface area contributed by atoms with Crippen molar-refractivity contribution >= 4 is 23.2 Å². The number of likely N-dealkylation sites (tertiary alicyclic amines) is 2. The summed E-state index contributed by atoms with van der Waals surface area (Å²) in [6.07, 6.45) is 3.72. The highest BCUT2D eigenvalue weighted by molar-refractivity contribution is 7.10. The van der Waals surface area contributed by atoms with E-state index in [4.69, 9.17) is 0 Å². The molecular weight excluding hydrogens is 332 g/mol. The molecule has 2 amide bonds. The molecule has 0 N–H and O–H groups in total. The molecule has 0 unspecified atom stereocenters. The fraction of sp³-hybridized carbons (Fsp3) is 0.400. The molecule has 0 bridgehead atoms. The van der Waals surface area contributed by atoms with Crippen molar-refractivity contribution in [3.05, 3.63) is 57.8 Å². The Kier molecular flexibility index (Phi) is 4.57. The summed E-state index contributed by atoms with van der Waals surface area (Å²) in [5.74, 6) is 0.343. The third kappa shape index (κ3) is 3.33. The summed E-state index contributed by atoms with van der Waals surface area (Å²) in [4.78, 5) is 29.8. The Morgan fingerprint density at radius 2 is 1.96 bits per heavy atom. The third-order valence-electron chi connectivity index (χ3n) is 5.13. The molecule has 1 aromatic heterocycles. The summed E-state index contributed by atoms with van der Waals surface area (Å²) in [6.45, 7) is 2.32. The Hall–Kier alpha value is -2.14. The Morgan fingerprint density at radius 1 is 1.12 bits per heavy atom. The summed E-state index contributed by atoms with van der Waals surface area (Å²) < 4.78 is 0. The van der Waals surface area contributed by atoms with Crippen molar-refractivity contribution < 1.29 is 9.59 Å². The molecule has 3 heterocycles. The fourth-order valence-electron chi connectivity index (χ4n) is 3.80. The van der Waals surface area contributed by atoms with Crippen LogP contribution in [0, 0.1) is 0 Å². The second kappa shape index (κ2) is 7.00. The van der Waals surface area contributed by atoms with Crippen molar-refractivity contribution in [3.8, 4) is 0 Å². The lowest BCUT2D eigenvalue weighted by molar-refractivity contribution is -0.128. The Bertz CT molecular complexity index is 755. The molecule has 2 saturated heterocycles. The van der Waals surface area contributed by atoms with Gasteiger partial charge in [-0.1, -0.05) is 18.2 Å². The molecule has 4 nitrogen and oxygen atoms in total. The lowest BCUT2D eigenvalue weighted by Crippen LogP contribution is -2.30. The van der Waals surface area contributed by atoms with Gasteiger partial charge in [0.25, 0.3) is 5.91 Å². The Labute approximate surface area is 152 Å².